The van der Waals surface area contributed by atoms with Crippen molar-refractivity contribution >= 4 is 39.5 Å². The maximum atomic E-state index is 12.0. The van der Waals surface area contributed by atoms with E-state index < -0.39 is 18.5 Å². The van der Waals surface area contributed by atoms with Crippen LogP contribution in [0.4, 0.5) is 0 Å². The summed E-state index contributed by atoms with van der Waals surface area (Å²) in [4.78, 5) is 26.9. The Morgan fingerprint density at radius 1 is 1.27 bits per heavy atom. The second-order valence-corrected chi connectivity index (χ2v) is 5.87. The quantitative estimate of drug-likeness (QED) is 0.455. The number of carboxylic acids is 1. The Balaban J connectivity index is 0.00000338. The van der Waals surface area contributed by atoms with Crippen LogP contribution in [0.1, 0.15) is 15.9 Å². The molecule has 0 bridgehead atoms. The van der Waals surface area contributed by atoms with Gasteiger partial charge in [-0.05, 0) is 52.3 Å². The van der Waals surface area contributed by atoms with Gasteiger partial charge in [-0.3, -0.25) is 0 Å². The molecule has 2 rings (SSSR count). The van der Waals surface area contributed by atoms with Gasteiger partial charge in [0.05, 0.1) is 23.6 Å². The summed E-state index contributed by atoms with van der Waals surface area (Å²) >= 11 is 9.02. The molecule has 0 atom stereocenters. The molecule has 0 saturated carbocycles. The third-order valence-corrected chi connectivity index (χ3v) is 3.76. The number of nitrogens with zero attached hydrogens (tertiary/aromatic N) is 1. The number of benzene rings is 2. The number of nitrogens with one attached hydrogen (secondary N) is 1. The normalized spacial score (nSPS) is 9.58. The molecule has 10 heteroatoms. The van der Waals surface area contributed by atoms with Crippen molar-refractivity contribution in [2.24, 2.45) is 0 Å². The zero-order chi connectivity index (χ0) is 18.4. The summed E-state index contributed by atoms with van der Waals surface area (Å²) in [6.45, 7) is -0.643. The van der Waals surface area contributed by atoms with Crippen LogP contribution < -0.4 is 44.9 Å². The number of hydroxylamine groups is 1. The van der Waals surface area contributed by atoms with Crippen LogP contribution in [0.2, 0.25) is 5.02 Å². The summed E-state index contributed by atoms with van der Waals surface area (Å²) < 4.78 is 6.02. The summed E-state index contributed by atoms with van der Waals surface area (Å²) in [5.74, 6) is -1.71. The molecule has 0 aliphatic rings. The summed E-state index contributed by atoms with van der Waals surface area (Å²) in [6.07, 6.45) is 0. The molecule has 1 N–H and O–H groups in total. The monoisotopic (exact) mass is 446 g/mol. The molecular weight excluding hydrogens is 439 g/mol. The van der Waals surface area contributed by atoms with Gasteiger partial charge in [0.15, 0.2) is 0 Å². The molecule has 0 amide bonds. The molecule has 26 heavy (non-hydrogen) atoms. The van der Waals surface area contributed by atoms with E-state index in [4.69, 9.17) is 21.6 Å². The van der Waals surface area contributed by atoms with E-state index in [0.717, 1.165) is 0 Å². The number of carbonyl (C=O) groups is 2. The van der Waals surface area contributed by atoms with Crippen molar-refractivity contribution in [3.8, 4) is 17.6 Å². The van der Waals surface area contributed by atoms with E-state index in [-0.39, 0.29) is 52.2 Å². The zero-order valence-corrected chi connectivity index (χ0v) is 17.8. The Morgan fingerprint density at radius 3 is 2.65 bits per heavy atom. The first-order chi connectivity index (χ1) is 11.9. The molecule has 0 heterocycles. The molecular formula is C16H9BrClN2NaO5. The Hall–Kier alpha value is -1.60. The number of carboxylic acid groups (broad SMARTS) is 1. The van der Waals surface area contributed by atoms with E-state index in [9.17, 15) is 14.7 Å². The van der Waals surface area contributed by atoms with Gasteiger partial charge < -0.3 is 19.5 Å². The number of carbonyl (C=O) groups excluding carboxylic acids is 2. The van der Waals surface area contributed by atoms with Crippen LogP contribution >= 0.6 is 27.5 Å². The van der Waals surface area contributed by atoms with Crippen LogP contribution in [0.25, 0.3) is 0 Å². The minimum atomic E-state index is -1.42. The summed E-state index contributed by atoms with van der Waals surface area (Å²) in [5, 5.41) is 19.8. The van der Waals surface area contributed by atoms with Crippen molar-refractivity contribution < 1.29 is 53.8 Å². The van der Waals surface area contributed by atoms with E-state index in [1.807, 2.05) is 11.5 Å². The predicted molar refractivity (Wildman–Crippen MR) is 88.8 cm³/mol. The van der Waals surface area contributed by atoms with Crippen molar-refractivity contribution in [1.82, 2.24) is 5.48 Å². The van der Waals surface area contributed by atoms with Crippen molar-refractivity contribution in [1.29, 1.82) is 5.26 Å². The third-order valence-electron chi connectivity index (χ3n) is 2.83. The van der Waals surface area contributed by atoms with Gasteiger partial charge in [-0.1, -0.05) is 11.6 Å². The summed E-state index contributed by atoms with van der Waals surface area (Å²) in [6, 6.07) is 11.0. The fourth-order valence-corrected chi connectivity index (χ4v) is 2.33. The Morgan fingerprint density at radius 2 is 2.00 bits per heavy atom. The van der Waals surface area contributed by atoms with Gasteiger partial charge >= 0.3 is 35.5 Å². The zero-order valence-electron chi connectivity index (χ0n) is 13.4. The van der Waals surface area contributed by atoms with E-state index >= 15 is 0 Å². The minimum absolute atomic E-state index is 0. The number of nitriles is 1. The van der Waals surface area contributed by atoms with Crippen LogP contribution in [-0.2, 0) is 9.63 Å². The first kappa shape index (κ1) is 22.4. The van der Waals surface area contributed by atoms with Crippen molar-refractivity contribution in [3.05, 3.63) is 57.0 Å². The van der Waals surface area contributed by atoms with E-state index in [0.29, 0.717) is 9.50 Å². The molecule has 0 spiro atoms. The van der Waals surface area contributed by atoms with Gasteiger partial charge in [0.25, 0.3) is 0 Å². The molecule has 0 unspecified atom stereocenters. The van der Waals surface area contributed by atoms with Crippen LogP contribution in [0.15, 0.2) is 40.9 Å². The van der Waals surface area contributed by atoms with Crippen LogP contribution in [0, 0.1) is 11.3 Å². The average molecular weight is 448 g/mol. The van der Waals surface area contributed by atoms with E-state index in [1.165, 1.54) is 18.2 Å². The van der Waals surface area contributed by atoms with Crippen molar-refractivity contribution in [2.75, 3.05) is 6.54 Å². The summed E-state index contributed by atoms with van der Waals surface area (Å²) in [5.41, 5.74) is 2.30. The minimum Gasteiger partial charge on any atom is -0.549 e. The molecule has 0 aliphatic carbocycles. The standard InChI is InChI=1S/C16H10BrClN2O5.Na/c17-13-3-2-11(6-12(13)16(23)25-20-8-15(21)22)24-14-4-1-10(18)5-9(14)7-19;/h1-6,20H,8H2,(H,21,22);/q;+1/p-1. The number of hydrogen-bond acceptors (Lipinski definition) is 7. The molecule has 2 aromatic rings. The van der Waals surface area contributed by atoms with Crippen LogP contribution in [-0.4, -0.2) is 18.5 Å². The Kier molecular flexibility index (Phi) is 9.08. The largest absolute Gasteiger partial charge is 1.00 e. The molecule has 0 aliphatic heterocycles. The number of hydrogen-bond donors (Lipinski definition) is 1. The van der Waals surface area contributed by atoms with Crippen LogP contribution in [0.3, 0.4) is 0 Å². The topological polar surface area (TPSA) is 111 Å². The second kappa shape index (κ2) is 10.5. The fourth-order valence-electron chi connectivity index (χ4n) is 1.75. The molecule has 0 saturated heterocycles. The van der Waals surface area contributed by atoms with Crippen LogP contribution in [0.5, 0.6) is 11.5 Å². The SMILES string of the molecule is N#Cc1cc(Cl)ccc1Oc1ccc(Br)c(C(=O)ONCC(=O)[O-])c1.[Na+]. The van der Waals surface area contributed by atoms with Crippen molar-refractivity contribution in [3.63, 3.8) is 0 Å². The maximum Gasteiger partial charge on any atom is 1.00 e. The predicted octanol–water partition coefficient (Wildman–Crippen LogP) is -0.818. The fraction of sp³-hybridized carbons (Fsp3) is 0.0625. The van der Waals surface area contributed by atoms with Gasteiger partial charge in [-0.25, -0.2) is 4.79 Å². The molecule has 0 fully saturated rings. The Labute approximate surface area is 184 Å². The smallest absolute Gasteiger partial charge is 0.549 e. The first-order valence-electron chi connectivity index (χ1n) is 6.71. The van der Waals surface area contributed by atoms with E-state index in [1.54, 1.807) is 18.2 Å². The van der Waals surface area contributed by atoms with Gasteiger partial charge in [-0.2, -0.15) is 5.26 Å². The molecule has 128 valence electrons. The van der Waals surface area contributed by atoms with Gasteiger partial charge in [0.1, 0.15) is 17.6 Å². The molecule has 0 aromatic heterocycles. The number of halogens is 2. The number of ether oxygens (including phenoxy) is 1. The third kappa shape index (κ3) is 6.29. The molecule has 7 nitrogen and oxygen atoms in total. The van der Waals surface area contributed by atoms with E-state index in [2.05, 4.69) is 20.8 Å². The summed E-state index contributed by atoms with van der Waals surface area (Å²) in [7, 11) is 0. The van der Waals surface area contributed by atoms with Gasteiger partial charge in [-0.15, -0.1) is 5.48 Å². The maximum absolute atomic E-state index is 12.0. The average Bonchev–Trinajstić information content (AvgIpc) is 2.57. The molecule has 0 radical (unpaired) electrons. The Bertz CT molecular complexity index is 872. The number of rotatable bonds is 6. The molecule has 2 aromatic carbocycles. The first-order valence-corrected chi connectivity index (χ1v) is 7.88. The second-order valence-electron chi connectivity index (χ2n) is 4.58. The van der Waals surface area contributed by atoms with Crippen molar-refractivity contribution in [2.45, 2.75) is 0 Å². The van der Waals surface area contributed by atoms with Gasteiger partial charge in [0.2, 0.25) is 0 Å². The number of aliphatic carboxylic acids is 1. The van der Waals surface area contributed by atoms with Gasteiger partial charge in [0, 0.05) is 9.50 Å².